The summed E-state index contributed by atoms with van der Waals surface area (Å²) in [6, 6.07) is 0. The fourth-order valence-corrected chi connectivity index (χ4v) is 2.80. The van der Waals surface area contributed by atoms with Crippen LogP contribution in [0, 0.1) is 5.92 Å². The van der Waals surface area contributed by atoms with Crippen LogP contribution >= 0.6 is 11.8 Å². The van der Waals surface area contributed by atoms with E-state index < -0.39 is 0 Å². The van der Waals surface area contributed by atoms with Gasteiger partial charge in [0, 0.05) is 6.61 Å². The topological polar surface area (TPSA) is 35.5 Å². The predicted molar refractivity (Wildman–Crippen MR) is 71.3 cm³/mol. The van der Waals surface area contributed by atoms with Crippen LogP contribution in [0.2, 0.25) is 0 Å². The lowest BCUT2D eigenvalue weighted by Gasteiger charge is -2.26. The quantitative estimate of drug-likeness (QED) is 0.521. The normalized spacial score (nSPS) is 24.6. The SMILES string of the molecule is CCSCCCOC1CCC(C(=O)OC)CC1. The van der Waals surface area contributed by atoms with E-state index in [1.807, 2.05) is 11.8 Å². The molecule has 1 saturated carbocycles. The van der Waals surface area contributed by atoms with E-state index in [0.717, 1.165) is 38.7 Å². The van der Waals surface area contributed by atoms with Crippen LogP contribution in [0.3, 0.4) is 0 Å². The Hall–Kier alpha value is -0.220. The number of methoxy groups -OCH3 is 1. The van der Waals surface area contributed by atoms with Gasteiger partial charge in [0.05, 0.1) is 19.1 Å². The number of carbonyl (C=O) groups is 1. The van der Waals surface area contributed by atoms with Gasteiger partial charge in [0.15, 0.2) is 0 Å². The van der Waals surface area contributed by atoms with Gasteiger partial charge < -0.3 is 9.47 Å². The standard InChI is InChI=1S/C13H24O3S/c1-3-17-10-4-9-16-12-7-5-11(6-8-12)13(14)15-2/h11-12H,3-10H2,1-2H3. The summed E-state index contributed by atoms with van der Waals surface area (Å²) in [5.41, 5.74) is 0. The van der Waals surface area contributed by atoms with Gasteiger partial charge in [0.1, 0.15) is 0 Å². The fraction of sp³-hybridized carbons (Fsp3) is 0.923. The van der Waals surface area contributed by atoms with Crippen LogP contribution < -0.4 is 0 Å². The minimum Gasteiger partial charge on any atom is -0.469 e. The van der Waals surface area contributed by atoms with Crippen LogP contribution in [0.25, 0.3) is 0 Å². The third kappa shape index (κ3) is 5.77. The van der Waals surface area contributed by atoms with Crippen LogP contribution in [-0.2, 0) is 14.3 Å². The number of thioether (sulfide) groups is 1. The first kappa shape index (κ1) is 14.8. The van der Waals surface area contributed by atoms with Crippen molar-refractivity contribution in [1.82, 2.24) is 0 Å². The van der Waals surface area contributed by atoms with Gasteiger partial charge in [-0.3, -0.25) is 4.79 Å². The zero-order valence-corrected chi connectivity index (χ0v) is 11.8. The minimum absolute atomic E-state index is 0.0530. The summed E-state index contributed by atoms with van der Waals surface area (Å²) in [5, 5.41) is 0. The lowest BCUT2D eigenvalue weighted by molar-refractivity contribution is -0.147. The van der Waals surface area contributed by atoms with Crippen molar-refractivity contribution in [3.8, 4) is 0 Å². The monoisotopic (exact) mass is 260 g/mol. The molecule has 0 heterocycles. The Bertz CT molecular complexity index is 213. The zero-order valence-electron chi connectivity index (χ0n) is 10.9. The number of ether oxygens (including phenoxy) is 2. The van der Waals surface area contributed by atoms with E-state index in [1.165, 1.54) is 18.6 Å². The average Bonchev–Trinajstić information content (AvgIpc) is 2.38. The second-order valence-electron chi connectivity index (χ2n) is 4.42. The van der Waals surface area contributed by atoms with E-state index in [2.05, 4.69) is 6.92 Å². The van der Waals surface area contributed by atoms with Gasteiger partial charge in [0.2, 0.25) is 0 Å². The summed E-state index contributed by atoms with van der Waals surface area (Å²) < 4.78 is 10.6. The highest BCUT2D eigenvalue weighted by atomic mass is 32.2. The summed E-state index contributed by atoms with van der Waals surface area (Å²) >= 11 is 1.96. The number of hydrogen-bond donors (Lipinski definition) is 0. The third-order valence-corrected chi connectivity index (χ3v) is 4.19. The lowest BCUT2D eigenvalue weighted by Crippen LogP contribution is -2.27. The Labute approximate surface area is 109 Å². The molecule has 0 N–H and O–H groups in total. The van der Waals surface area contributed by atoms with E-state index in [1.54, 1.807) is 0 Å². The Balaban J connectivity index is 2.05. The molecule has 1 aliphatic carbocycles. The highest BCUT2D eigenvalue weighted by Gasteiger charge is 2.26. The van der Waals surface area contributed by atoms with E-state index >= 15 is 0 Å². The molecule has 0 aromatic heterocycles. The maximum absolute atomic E-state index is 11.3. The van der Waals surface area contributed by atoms with Crippen LogP contribution in [0.4, 0.5) is 0 Å². The molecule has 1 fully saturated rings. The molecule has 0 radical (unpaired) electrons. The van der Waals surface area contributed by atoms with Crippen LogP contribution in [0.15, 0.2) is 0 Å². The highest BCUT2D eigenvalue weighted by molar-refractivity contribution is 7.99. The van der Waals surface area contributed by atoms with Crippen molar-refractivity contribution in [2.45, 2.75) is 45.1 Å². The molecule has 4 heteroatoms. The van der Waals surface area contributed by atoms with Gasteiger partial charge in [-0.15, -0.1) is 0 Å². The zero-order chi connectivity index (χ0) is 12.5. The Morgan fingerprint density at radius 1 is 1.29 bits per heavy atom. The summed E-state index contributed by atoms with van der Waals surface area (Å²) in [5.74, 6) is 2.43. The first-order chi connectivity index (χ1) is 8.27. The molecule has 1 rings (SSSR count). The van der Waals surface area contributed by atoms with Gasteiger partial charge in [0.25, 0.3) is 0 Å². The second kappa shape index (κ2) is 8.81. The Kier molecular flexibility index (Phi) is 7.69. The van der Waals surface area contributed by atoms with Crippen molar-refractivity contribution in [3.05, 3.63) is 0 Å². The van der Waals surface area contributed by atoms with Gasteiger partial charge in [-0.2, -0.15) is 11.8 Å². The number of rotatable bonds is 7. The number of hydrogen-bond acceptors (Lipinski definition) is 4. The first-order valence-corrected chi connectivity index (χ1v) is 7.70. The molecule has 0 spiro atoms. The smallest absolute Gasteiger partial charge is 0.308 e. The summed E-state index contributed by atoms with van der Waals surface area (Å²) in [6.07, 6.45) is 5.33. The van der Waals surface area contributed by atoms with Crippen molar-refractivity contribution in [1.29, 1.82) is 0 Å². The first-order valence-electron chi connectivity index (χ1n) is 6.55. The molecule has 17 heavy (non-hydrogen) atoms. The minimum atomic E-state index is -0.0530. The molecule has 0 bridgehead atoms. The van der Waals surface area contributed by atoms with Gasteiger partial charge in [-0.05, 0) is 43.6 Å². The molecule has 1 aliphatic rings. The molecule has 0 aliphatic heterocycles. The summed E-state index contributed by atoms with van der Waals surface area (Å²) in [7, 11) is 1.47. The second-order valence-corrected chi connectivity index (χ2v) is 5.81. The number of esters is 1. The molecule has 0 aromatic carbocycles. The highest BCUT2D eigenvalue weighted by Crippen LogP contribution is 2.27. The number of carbonyl (C=O) groups excluding carboxylic acids is 1. The van der Waals surface area contributed by atoms with Crippen molar-refractivity contribution >= 4 is 17.7 Å². The van der Waals surface area contributed by atoms with Gasteiger partial charge >= 0.3 is 5.97 Å². The van der Waals surface area contributed by atoms with Crippen molar-refractivity contribution in [3.63, 3.8) is 0 Å². The molecule has 0 amide bonds. The average molecular weight is 260 g/mol. The third-order valence-electron chi connectivity index (χ3n) is 3.20. The van der Waals surface area contributed by atoms with Crippen LogP contribution in [0.5, 0.6) is 0 Å². The molecule has 3 nitrogen and oxygen atoms in total. The van der Waals surface area contributed by atoms with E-state index in [-0.39, 0.29) is 11.9 Å². The summed E-state index contributed by atoms with van der Waals surface area (Å²) in [6.45, 7) is 3.04. The molecule has 0 saturated heterocycles. The van der Waals surface area contributed by atoms with Crippen molar-refractivity contribution in [2.24, 2.45) is 5.92 Å². The maximum Gasteiger partial charge on any atom is 0.308 e. The van der Waals surface area contributed by atoms with E-state index in [9.17, 15) is 4.79 Å². The summed E-state index contributed by atoms with van der Waals surface area (Å²) in [4.78, 5) is 11.3. The van der Waals surface area contributed by atoms with Crippen LogP contribution in [0.1, 0.15) is 39.0 Å². The van der Waals surface area contributed by atoms with Gasteiger partial charge in [-0.25, -0.2) is 0 Å². The Morgan fingerprint density at radius 3 is 2.59 bits per heavy atom. The lowest BCUT2D eigenvalue weighted by atomic mass is 9.87. The largest absolute Gasteiger partial charge is 0.469 e. The molecule has 0 aromatic rings. The maximum atomic E-state index is 11.3. The molecule has 100 valence electrons. The van der Waals surface area contributed by atoms with E-state index in [0.29, 0.717) is 6.10 Å². The molecular weight excluding hydrogens is 236 g/mol. The van der Waals surface area contributed by atoms with Gasteiger partial charge in [-0.1, -0.05) is 6.92 Å². The Morgan fingerprint density at radius 2 is 2.00 bits per heavy atom. The van der Waals surface area contributed by atoms with Crippen molar-refractivity contribution in [2.75, 3.05) is 25.2 Å². The molecule has 0 atom stereocenters. The molecular formula is C13H24O3S. The molecule has 0 unspecified atom stereocenters. The van der Waals surface area contributed by atoms with Crippen LogP contribution in [-0.4, -0.2) is 37.3 Å². The van der Waals surface area contributed by atoms with Crippen molar-refractivity contribution < 1.29 is 14.3 Å². The predicted octanol–water partition coefficient (Wildman–Crippen LogP) is 2.88. The van der Waals surface area contributed by atoms with E-state index in [4.69, 9.17) is 9.47 Å². The fourth-order valence-electron chi connectivity index (χ4n) is 2.19.